The van der Waals surface area contributed by atoms with Gasteiger partial charge in [-0.1, -0.05) is 0 Å². The van der Waals surface area contributed by atoms with Gasteiger partial charge >= 0.3 is 12.2 Å². The molecule has 2 amide bonds. The highest BCUT2D eigenvalue weighted by molar-refractivity contribution is 5.76. The number of carbonyl (C=O) groups is 3. The smallest absolute Gasteiger partial charge is 0.410 e. The lowest BCUT2D eigenvalue weighted by atomic mass is 10.2. The summed E-state index contributed by atoms with van der Waals surface area (Å²) in [5.74, 6) is 0.792. The molecule has 0 aliphatic heterocycles. The van der Waals surface area contributed by atoms with E-state index in [1.807, 2.05) is 0 Å². The maximum absolute atomic E-state index is 12.1. The van der Waals surface area contributed by atoms with Crippen LogP contribution in [0.4, 0.5) is 9.59 Å². The van der Waals surface area contributed by atoms with Crippen molar-refractivity contribution in [2.24, 2.45) is 0 Å². The molecule has 0 unspecified atom stereocenters. The second kappa shape index (κ2) is 11.6. The molecule has 0 heterocycles. The largest absolute Gasteiger partial charge is 0.488 e. The molecule has 0 saturated heterocycles. The molecule has 180 valence electrons. The summed E-state index contributed by atoms with van der Waals surface area (Å²) in [7, 11) is 3.24. The SMILES string of the molecule is CN(CCOc1ccc(C=O)cc1OCCN(C)C(=O)OC(C)(C)C)C(=O)OC(C)(C)C. The number of carbonyl (C=O) groups excluding carboxylic acids is 3. The Labute approximate surface area is 190 Å². The van der Waals surface area contributed by atoms with Gasteiger partial charge in [-0.25, -0.2) is 9.59 Å². The fourth-order valence-corrected chi connectivity index (χ4v) is 2.28. The van der Waals surface area contributed by atoms with E-state index < -0.39 is 23.4 Å². The number of aldehydes is 1. The lowest BCUT2D eigenvalue weighted by Crippen LogP contribution is -2.36. The number of benzene rings is 1. The minimum atomic E-state index is -0.585. The first-order valence-corrected chi connectivity index (χ1v) is 10.4. The molecule has 0 spiro atoms. The van der Waals surface area contributed by atoms with Gasteiger partial charge in [-0.15, -0.1) is 0 Å². The molecule has 32 heavy (non-hydrogen) atoms. The minimum Gasteiger partial charge on any atom is -0.488 e. The fraction of sp³-hybridized carbons (Fsp3) is 0.609. The summed E-state index contributed by atoms with van der Waals surface area (Å²) in [6.45, 7) is 11.7. The average molecular weight is 453 g/mol. The monoisotopic (exact) mass is 452 g/mol. The van der Waals surface area contributed by atoms with E-state index in [-0.39, 0.29) is 19.8 Å². The molecule has 0 bridgehead atoms. The predicted molar refractivity (Wildman–Crippen MR) is 121 cm³/mol. The molecule has 0 saturated carbocycles. The van der Waals surface area contributed by atoms with Crippen molar-refractivity contribution in [3.05, 3.63) is 23.8 Å². The van der Waals surface area contributed by atoms with Crippen molar-refractivity contribution in [3.8, 4) is 11.5 Å². The highest BCUT2D eigenvalue weighted by Crippen LogP contribution is 2.28. The lowest BCUT2D eigenvalue weighted by molar-refractivity contribution is 0.0263. The van der Waals surface area contributed by atoms with Crippen LogP contribution in [-0.4, -0.2) is 79.9 Å². The zero-order valence-electron chi connectivity index (χ0n) is 20.4. The molecule has 1 aromatic rings. The molecule has 1 rings (SSSR count). The van der Waals surface area contributed by atoms with E-state index in [1.165, 1.54) is 9.80 Å². The Morgan fingerprint density at radius 1 is 0.812 bits per heavy atom. The van der Waals surface area contributed by atoms with E-state index in [0.29, 0.717) is 29.9 Å². The van der Waals surface area contributed by atoms with Crippen molar-refractivity contribution >= 4 is 18.5 Å². The third kappa shape index (κ3) is 10.4. The Balaban J connectivity index is 2.66. The summed E-state index contributed by atoms with van der Waals surface area (Å²) < 4.78 is 22.1. The normalized spacial score (nSPS) is 11.4. The van der Waals surface area contributed by atoms with Crippen molar-refractivity contribution in [2.75, 3.05) is 40.4 Å². The Kier molecular flexibility index (Phi) is 9.80. The van der Waals surface area contributed by atoms with E-state index in [4.69, 9.17) is 18.9 Å². The number of hydrogen-bond donors (Lipinski definition) is 0. The zero-order chi connectivity index (χ0) is 24.5. The molecule has 1 aromatic carbocycles. The van der Waals surface area contributed by atoms with Crippen molar-refractivity contribution in [3.63, 3.8) is 0 Å². The van der Waals surface area contributed by atoms with Gasteiger partial charge in [0.1, 0.15) is 30.7 Å². The predicted octanol–water partition coefficient (Wildman–Crippen LogP) is 3.99. The minimum absolute atomic E-state index is 0.173. The molecule has 0 N–H and O–H groups in total. The van der Waals surface area contributed by atoms with E-state index >= 15 is 0 Å². The van der Waals surface area contributed by atoms with E-state index in [9.17, 15) is 14.4 Å². The highest BCUT2D eigenvalue weighted by Gasteiger charge is 2.21. The summed E-state index contributed by atoms with van der Waals surface area (Å²) in [6, 6.07) is 4.80. The van der Waals surface area contributed by atoms with Crippen LogP contribution < -0.4 is 9.47 Å². The van der Waals surface area contributed by atoms with Crippen LogP contribution in [0.25, 0.3) is 0 Å². The first-order valence-electron chi connectivity index (χ1n) is 10.4. The van der Waals surface area contributed by atoms with E-state index in [0.717, 1.165) is 0 Å². The maximum atomic E-state index is 12.1. The third-order valence-electron chi connectivity index (χ3n) is 3.88. The van der Waals surface area contributed by atoms with E-state index in [2.05, 4.69) is 0 Å². The summed E-state index contributed by atoms with van der Waals surface area (Å²) >= 11 is 0. The summed E-state index contributed by atoms with van der Waals surface area (Å²) in [4.78, 5) is 38.1. The molecular formula is C23H36N2O7. The number of rotatable bonds is 9. The average Bonchev–Trinajstić information content (AvgIpc) is 2.65. The van der Waals surface area contributed by atoms with E-state index in [1.54, 1.807) is 73.8 Å². The number of nitrogens with zero attached hydrogens (tertiary/aromatic N) is 2. The quantitative estimate of drug-likeness (QED) is 0.523. The first-order chi connectivity index (χ1) is 14.7. The molecule has 0 atom stereocenters. The van der Waals surface area contributed by atoms with Gasteiger partial charge in [-0.2, -0.15) is 0 Å². The van der Waals surface area contributed by atoms with Crippen molar-refractivity contribution in [1.82, 2.24) is 9.80 Å². The van der Waals surface area contributed by atoms with Crippen LogP contribution in [0, 0.1) is 0 Å². The number of ether oxygens (including phenoxy) is 4. The molecule has 9 heteroatoms. The van der Waals surface area contributed by atoms with Crippen LogP contribution >= 0.6 is 0 Å². The van der Waals surface area contributed by atoms with Gasteiger partial charge in [0.15, 0.2) is 11.5 Å². The molecule has 0 fully saturated rings. The lowest BCUT2D eigenvalue weighted by Gasteiger charge is -2.25. The van der Waals surface area contributed by atoms with Crippen LogP contribution in [0.1, 0.15) is 51.9 Å². The number of likely N-dealkylation sites (N-methyl/N-ethyl adjacent to an activating group) is 2. The highest BCUT2D eigenvalue weighted by atomic mass is 16.6. The first kappa shape index (κ1) is 27.1. The maximum Gasteiger partial charge on any atom is 0.410 e. The Morgan fingerprint density at radius 3 is 1.66 bits per heavy atom. The Hall–Kier alpha value is -2.97. The molecule has 0 aliphatic rings. The van der Waals surface area contributed by atoms with Crippen molar-refractivity contribution < 1.29 is 33.3 Å². The van der Waals surface area contributed by atoms with Crippen molar-refractivity contribution in [1.29, 1.82) is 0 Å². The Bertz CT molecular complexity index is 782. The molecule has 9 nitrogen and oxygen atoms in total. The van der Waals surface area contributed by atoms with Gasteiger partial charge < -0.3 is 28.7 Å². The zero-order valence-corrected chi connectivity index (χ0v) is 20.4. The molecule has 0 radical (unpaired) electrons. The van der Waals surface area contributed by atoms with Gasteiger partial charge in [0.05, 0.1) is 13.1 Å². The molecule has 0 aliphatic carbocycles. The van der Waals surface area contributed by atoms with Gasteiger partial charge in [-0.05, 0) is 59.7 Å². The summed E-state index contributed by atoms with van der Waals surface area (Å²) in [5, 5.41) is 0. The van der Waals surface area contributed by atoms with Crippen LogP contribution in [0.2, 0.25) is 0 Å². The summed E-state index contributed by atoms with van der Waals surface area (Å²) in [6.07, 6.45) is -0.192. The van der Waals surface area contributed by atoms with Gasteiger partial charge in [0.25, 0.3) is 0 Å². The van der Waals surface area contributed by atoms with Gasteiger partial charge in [0.2, 0.25) is 0 Å². The van der Waals surface area contributed by atoms with Crippen LogP contribution in [0.15, 0.2) is 18.2 Å². The second-order valence-corrected chi connectivity index (χ2v) is 9.32. The molecular weight excluding hydrogens is 416 g/mol. The standard InChI is InChI=1S/C23H36N2O7/c1-22(2,3)31-20(27)24(7)11-13-29-18-10-9-17(16-26)15-19(18)30-14-12-25(8)21(28)32-23(4,5)6/h9-10,15-16H,11-14H2,1-8H3. The fourth-order valence-electron chi connectivity index (χ4n) is 2.28. The third-order valence-corrected chi connectivity index (χ3v) is 3.88. The van der Waals surface area contributed by atoms with Gasteiger partial charge in [-0.3, -0.25) is 4.79 Å². The topological polar surface area (TPSA) is 94.6 Å². The molecule has 0 aromatic heterocycles. The number of hydrogen-bond acceptors (Lipinski definition) is 7. The summed E-state index contributed by atoms with van der Waals surface area (Å²) in [5.41, 5.74) is -0.735. The van der Waals surface area contributed by atoms with Gasteiger partial charge in [0, 0.05) is 19.7 Å². The second-order valence-electron chi connectivity index (χ2n) is 9.32. The van der Waals surface area contributed by atoms with Crippen LogP contribution in [0.5, 0.6) is 11.5 Å². The van der Waals surface area contributed by atoms with Crippen LogP contribution in [0.3, 0.4) is 0 Å². The van der Waals surface area contributed by atoms with Crippen molar-refractivity contribution in [2.45, 2.75) is 52.7 Å². The number of amides is 2. The Morgan fingerprint density at radius 2 is 1.25 bits per heavy atom. The van der Waals surface area contributed by atoms with Crippen LogP contribution in [-0.2, 0) is 9.47 Å².